The number of quaternary nitrogens is 1. The quantitative estimate of drug-likeness (QED) is 0.482. The van der Waals surface area contributed by atoms with E-state index in [-0.39, 0.29) is 24.1 Å². The molecule has 1 aliphatic rings. The van der Waals surface area contributed by atoms with E-state index in [0.29, 0.717) is 5.56 Å². The van der Waals surface area contributed by atoms with Crippen LogP contribution in [-0.4, -0.2) is 62.7 Å². The predicted octanol–water partition coefficient (Wildman–Crippen LogP) is 0.405. The lowest BCUT2D eigenvalue weighted by Gasteiger charge is -2.33. The normalized spacial score (nSPS) is 14.2. The Kier molecular flexibility index (Phi) is 7.72. The number of benzene rings is 2. The molecule has 2 aromatic rings. The van der Waals surface area contributed by atoms with Gasteiger partial charge in [0, 0.05) is 24.3 Å². The van der Waals surface area contributed by atoms with Gasteiger partial charge in [-0.05, 0) is 50.2 Å². The van der Waals surface area contributed by atoms with Crippen LogP contribution in [0.4, 0.5) is 11.4 Å². The zero-order chi connectivity index (χ0) is 22.2. The molecule has 2 aromatic carbocycles. The molecule has 1 heterocycles. The van der Waals surface area contributed by atoms with Crippen molar-refractivity contribution in [1.29, 1.82) is 0 Å². The number of amides is 2. The molecule has 1 saturated heterocycles. The van der Waals surface area contributed by atoms with Gasteiger partial charge in [-0.25, -0.2) is 0 Å². The number of para-hydroxylation sites is 2. The average Bonchev–Trinajstić information content (AvgIpc) is 2.80. The zero-order valence-electron chi connectivity index (χ0n) is 18.2. The van der Waals surface area contributed by atoms with Gasteiger partial charge in [0.2, 0.25) is 0 Å². The minimum absolute atomic E-state index is 0.223. The molecule has 166 valence electrons. The number of phenolic OH excluding ortho intramolecular Hbond substituents is 1. The Bertz CT molecular complexity index is 875. The molecule has 0 atom stereocenters. The summed E-state index contributed by atoms with van der Waals surface area (Å²) < 4.78 is 0. The van der Waals surface area contributed by atoms with Gasteiger partial charge < -0.3 is 19.8 Å². The van der Waals surface area contributed by atoms with Crippen molar-refractivity contribution >= 4 is 23.2 Å². The number of hydrogen-bond acceptors (Lipinski definition) is 5. The van der Waals surface area contributed by atoms with Crippen LogP contribution in [0.2, 0.25) is 0 Å². The van der Waals surface area contributed by atoms with E-state index in [1.807, 2.05) is 24.3 Å². The maximum atomic E-state index is 12.3. The van der Waals surface area contributed by atoms with Crippen LogP contribution in [0.15, 0.2) is 48.5 Å². The first-order valence-corrected chi connectivity index (χ1v) is 10.8. The average molecular weight is 427 g/mol. The van der Waals surface area contributed by atoms with Crippen LogP contribution in [0.25, 0.3) is 0 Å². The van der Waals surface area contributed by atoms with Crippen molar-refractivity contribution in [3.63, 3.8) is 0 Å². The first-order chi connectivity index (χ1) is 15.0. The number of piperazine rings is 1. The maximum absolute atomic E-state index is 12.3. The third kappa shape index (κ3) is 5.88. The lowest BCUT2D eigenvalue weighted by molar-refractivity contribution is -0.892. The summed E-state index contributed by atoms with van der Waals surface area (Å²) in [6.45, 7) is 9.35. The third-order valence-corrected chi connectivity index (χ3v) is 5.68. The summed E-state index contributed by atoms with van der Waals surface area (Å²) in [5.41, 5.74) is 7.41. The Morgan fingerprint density at radius 2 is 1.65 bits per heavy atom. The zero-order valence-corrected chi connectivity index (χ0v) is 18.2. The van der Waals surface area contributed by atoms with Crippen LogP contribution < -0.4 is 25.6 Å². The highest BCUT2D eigenvalue weighted by molar-refractivity contribution is 5.95. The molecule has 1 fully saturated rings. The molecule has 2 amide bonds. The van der Waals surface area contributed by atoms with E-state index in [4.69, 9.17) is 0 Å². The van der Waals surface area contributed by atoms with Gasteiger partial charge in [0.15, 0.2) is 6.54 Å². The Hall–Kier alpha value is -3.26. The van der Waals surface area contributed by atoms with Crippen molar-refractivity contribution in [2.75, 3.05) is 55.6 Å². The number of rotatable bonds is 7. The summed E-state index contributed by atoms with van der Waals surface area (Å²) >= 11 is 0. The number of aromatic hydroxyl groups is 1. The fourth-order valence-corrected chi connectivity index (χ4v) is 3.85. The number of nitrogens with one attached hydrogen (secondary N) is 3. The fraction of sp³-hybridized carbons (Fsp3) is 0.391. The Balaban J connectivity index is 1.42. The first-order valence-electron chi connectivity index (χ1n) is 10.8. The molecule has 8 nitrogen and oxygen atoms in total. The number of carbonyl (C=O) groups is 2. The van der Waals surface area contributed by atoms with Crippen LogP contribution >= 0.6 is 0 Å². The van der Waals surface area contributed by atoms with E-state index >= 15 is 0 Å². The van der Waals surface area contributed by atoms with Crippen LogP contribution in [0.5, 0.6) is 5.75 Å². The molecule has 0 unspecified atom stereocenters. The fourth-order valence-electron chi connectivity index (χ4n) is 3.85. The molecule has 3 rings (SSSR count). The minimum Gasteiger partial charge on any atom is -0.506 e. The molecule has 4 N–H and O–H groups in total. The molecule has 0 radical (unpaired) electrons. The van der Waals surface area contributed by atoms with Crippen molar-refractivity contribution < 1.29 is 19.6 Å². The van der Waals surface area contributed by atoms with E-state index in [2.05, 4.69) is 34.5 Å². The molecular formula is C23H32N5O3+. The van der Waals surface area contributed by atoms with Crippen LogP contribution in [0, 0.1) is 0 Å². The van der Waals surface area contributed by atoms with Crippen molar-refractivity contribution in [2.45, 2.75) is 13.8 Å². The summed E-state index contributed by atoms with van der Waals surface area (Å²) in [7, 11) is 0. The highest BCUT2D eigenvalue weighted by Gasteiger charge is 2.23. The molecule has 0 aliphatic carbocycles. The van der Waals surface area contributed by atoms with Crippen molar-refractivity contribution in [1.82, 2.24) is 10.9 Å². The van der Waals surface area contributed by atoms with Gasteiger partial charge in [-0.1, -0.05) is 12.1 Å². The Morgan fingerprint density at radius 3 is 2.26 bits per heavy atom. The predicted molar refractivity (Wildman–Crippen MR) is 121 cm³/mol. The van der Waals surface area contributed by atoms with E-state index in [9.17, 15) is 14.7 Å². The standard InChI is InChI=1S/C23H31N5O3/c1-3-27(4-2)19-11-9-18(10-12-19)23(31)25-24-22(30)17-26-13-15-28(16-14-26)20-7-5-6-8-21(20)29/h5-12,29H,3-4,13-17H2,1-2H3,(H,24,30)(H,25,31)/p+1. The number of phenols is 1. The molecule has 1 aliphatic heterocycles. The number of nitrogens with zero attached hydrogens (tertiary/aromatic N) is 2. The van der Waals surface area contributed by atoms with Crippen LogP contribution in [-0.2, 0) is 4.79 Å². The van der Waals surface area contributed by atoms with Gasteiger partial charge in [0.05, 0.1) is 31.9 Å². The lowest BCUT2D eigenvalue weighted by Crippen LogP contribution is -3.16. The molecule has 0 spiro atoms. The SMILES string of the molecule is CCN(CC)c1ccc(C(=O)NNC(=O)C[NH+]2CCN(c3ccccc3O)CC2)cc1. The van der Waals surface area contributed by atoms with Crippen LogP contribution in [0.1, 0.15) is 24.2 Å². The van der Waals surface area contributed by atoms with E-state index in [0.717, 1.165) is 55.5 Å². The van der Waals surface area contributed by atoms with E-state index in [1.165, 1.54) is 0 Å². The second-order valence-electron chi connectivity index (χ2n) is 7.62. The highest BCUT2D eigenvalue weighted by Crippen LogP contribution is 2.25. The highest BCUT2D eigenvalue weighted by atomic mass is 16.3. The smallest absolute Gasteiger partial charge is 0.293 e. The summed E-state index contributed by atoms with van der Waals surface area (Å²) in [4.78, 5) is 30.0. The Morgan fingerprint density at radius 1 is 1.00 bits per heavy atom. The first kappa shape index (κ1) is 22.4. The van der Waals surface area contributed by atoms with Gasteiger partial charge in [-0.3, -0.25) is 20.4 Å². The largest absolute Gasteiger partial charge is 0.506 e. The lowest BCUT2D eigenvalue weighted by atomic mass is 10.2. The second-order valence-corrected chi connectivity index (χ2v) is 7.62. The number of hydrogen-bond donors (Lipinski definition) is 4. The topological polar surface area (TPSA) is 89.4 Å². The summed E-state index contributed by atoms with van der Waals surface area (Å²) in [5.74, 6) is -0.283. The molecule has 8 heteroatoms. The van der Waals surface area contributed by atoms with Crippen molar-refractivity contribution in [2.24, 2.45) is 0 Å². The van der Waals surface area contributed by atoms with Crippen molar-refractivity contribution in [3.8, 4) is 5.75 Å². The van der Waals surface area contributed by atoms with Gasteiger partial charge in [-0.15, -0.1) is 0 Å². The van der Waals surface area contributed by atoms with E-state index in [1.54, 1.807) is 24.3 Å². The van der Waals surface area contributed by atoms with Gasteiger partial charge in [0.25, 0.3) is 11.8 Å². The number of hydrazine groups is 1. The summed E-state index contributed by atoms with van der Waals surface area (Å²) in [6.07, 6.45) is 0. The van der Waals surface area contributed by atoms with Crippen molar-refractivity contribution in [3.05, 3.63) is 54.1 Å². The molecule has 31 heavy (non-hydrogen) atoms. The van der Waals surface area contributed by atoms with Crippen LogP contribution in [0.3, 0.4) is 0 Å². The number of anilines is 2. The van der Waals surface area contributed by atoms with Gasteiger partial charge >= 0.3 is 0 Å². The molecule has 0 aromatic heterocycles. The molecule has 0 saturated carbocycles. The van der Waals surface area contributed by atoms with Gasteiger partial charge in [-0.2, -0.15) is 0 Å². The summed E-state index contributed by atoms with van der Waals surface area (Å²) in [5, 5.41) is 10.0. The third-order valence-electron chi connectivity index (χ3n) is 5.68. The minimum atomic E-state index is -0.334. The number of carbonyl (C=O) groups excluding carboxylic acids is 2. The summed E-state index contributed by atoms with van der Waals surface area (Å²) in [6, 6.07) is 14.6. The Labute approximate surface area is 183 Å². The maximum Gasteiger partial charge on any atom is 0.293 e. The molecular weight excluding hydrogens is 394 g/mol. The molecule has 0 bridgehead atoms. The van der Waals surface area contributed by atoms with E-state index < -0.39 is 0 Å². The van der Waals surface area contributed by atoms with Gasteiger partial charge in [0.1, 0.15) is 5.75 Å². The second kappa shape index (κ2) is 10.7. The monoisotopic (exact) mass is 426 g/mol.